The van der Waals surface area contributed by atoms with Crippen molar-refractivity contribution in [2.45, 2.75) is 31.8 Å². The minimum atomic E-state index is -0.929. The number of piperazine rings is 1. The molecule has 4 rings (SSSR count). The van der Waals surface area contributed by atoms with Crippen molar-refractivity contribution in [2.24, 2.45) is 0 Å². The summed E-state index contributed by atoms with van der Waals surface area (Å²) >= 11 is 0. The first kappa shape index (κ1) is 19.3. The smallest absolute Gasteiger partial charge is 0.262 e. The molecule has 0 bridgehead atoms. The van der Waals surface area contributed by atoms with E-state index in [9.17, 15) is 19.2 Å². The third-order valence-electron chi connectivity index (χ3n) is 5.26. The minimum absolute atomic E-state index is 0. The van der Waals surface area contributed by atoms with E-state index in [4.69, 9.17) is 0 Å². The molecule has 2 fully saturated rings. The van der Waals surface area contributed by atoms with Crippen LogP contribution in [0.2, 0.25) is 0 Å². The van der Waals surface area contributed by atoms with E-state index in [0.717, 1.165) is 30.2 Å². The Morgan fingerprint density at radius 1 is 1.07 bits per heavy atom. The fraction of sp³-hybridized carbons (Fsp3) is 0.444. The normalized spacial score (nSPS) is 25.2. The highest BCUT2D eigenvalue weighted by Gasteiger charge is 2.44. The zero-order valence-corrected chi connectivity index (χ0v) is 15.7. The molecule has 1 aromatic rings. The highest BCUT2D eigenvalue weighted by molar-refractivity contribution is 6.23. The summed E-state index contributed by atoms with van der Waals surface area (Å²) in [5, 5.41) is 5.52. The van der Waals surface area contributed by atoms with E-state index >= 15 is 0 Å². The van der Waals surface area contributed by atoms with Crippen LogP contribution in [0.1, 0.15) is 40.5 Å². The Balaban J connectivity index is 0.00000210. The molecular weight excluding hydrogens is 372 g/mol. The van der Waals surface area contributed by atoms with Gasteiger partial charge in [-0.25, -0.2) is 0 Å². The van der Waals surface area contributed by atoms with Gasteiger partial charge in [0.25, 0.3) is 11.8 Å². The third kappa shape index (κ3) is 3.19. The van der Waals surface area contributed by atoms with Gasteiger partial charge in [0, 0.05) is 37.8 Å². The van der Waals surface area contributed by atoms with E-state index in [1.54, 1.807) is 12.1 Å². The average Bonchev–Trinajstić information content (AvgIpc) is 2.86. The zero-order chi connectivity index (χ0) is 18.4. The number of imide groups is 2. The van der Waals surface area contributed by atoms with Crippen LogP contribution in [0, 0.1) is 0 Å². The molecule has 3 heterocycles. The molecule has 3 aliphatic rings. The van der Waals surface area contributed by atoms with Crippen LogP contribution in [-0.2, 0) is 9.59 Å². The average molecular weight is 393 g/mol. The molecule has 8 nitrogen and oxygen atoms in total. The molecule has 0 aromatic heterocycles. The van der Waals surface area contributed by atoms with Crippen molar-refractivity contribution in [3.8, 4) is 0 Å². The largest absolute Gasteiger partial charge is 0.366 e. The van der Waals surface area contributed by atoms with Crippen LogP contribution in [0.15, 0.2) is 18.2 Å². The Labute approximate surface area is 162 Å². The van der Waals surface area contributed by atoms with Gasteiger partial charge in [0.15, 0.2) is 0 Å². The van der Waals surface area contributed by atoms with Crippen molar-refractivity contribution in [3.63, 3.8) is 0 Å². The van der Waals surface area contributed by atoms with Gasteiger partial charge in [-0.2, -0.15) is 0 Å². The number of nitrogens with zero attached hydrogens (tertiary/aromatic N) is 2. The Hall–Kier alpha value is -2.45. The second-order valence-corrected chi connectivity index (χ2v) is 6.92. The summed E-state index contributed by atoms with van der Waals surface area (Å²) in [5.41, 5.74) is 1.53. The Bertz CT molecular complexity index is 828. The Kier molecular flexibility index (Phi) is 5.21. The number of benzene rings is 1. The highest BCUT2D eigenvalue weighted by atomic mass is 35.5. The van der Waals surface area contributed by atoms with E-state index in [2.05, 4.69) is 22.5 Å². The first-order valence-electron chi connectivity index (χ1n) is 8.80. The maximum atomic E-state index is 12.9. The number of anilines is 1. The van der Waals surface area contributed by atoms with Crippen LogP contribution in [0.5, 0.6) is 0 Å². The van der Waals surface area contributed by atoms with Crippen LogP contribution in [0.25, 0.3) is 0 Å². The monoisotopic (exact) mass is 392 g/mol. The highest BCUT2D eigenvalue weighted by Crippen LogP contribution is 2.31. The maximum absolute atomic E-state index is 12.9. The second-order valence-electron chi connectivity index (χ2n) is 6.92. The second kappa shape index (κ2) is 7.28. The predicted molar refractivity (Wildman–Crippen MR) is 100 cm³/mol. The van der Waals surface area contributed by atoms with Crippen molar-refractivity contribution in [2.75, 3.05) is 24.5 Å². The molecule has 0 saturated carbocycles. The van der Waals surface area contributed by atoms with E-state index < -0.39 is 23.8 Å². The molecule has 1 aromatic carbocycles. The lowest BCUT2D eigenvalue weighted by atomic mass is 10.0. The molecule has 0 spiro atoms. The van der Waals surface area contributed by atoms with Gasteiger partial charge in [0.05, 0.1) is 11.1 Å². The summed E-state index contributed by atoms with van der Waals surface area (Å²) in [6.45, 7) is 4.63. The zero-order valence-electron chi connectivity index (χ0n) is 14.9. The minimum Gasteiger partial charge on any atom is -0.366 e. The third-order valence-corrected chi connectivity index (χ3v) is 5.26. The van der Waals surface area contributed by atoms with Gasteiger partial charge in [-0.05, 0) is 31.5 Å². The summed E-state index contributed by atoms with van der Waals surface area (Å²) in [6, 6.07) is 4.59. The van der Waals surface area contributed by atoms with Gasteiger partial charge in [-0.15, -0.1) is 12.4 Å². The molecule has 0 aliphatic carbocycles. The van der Waals surface area contributed by atoms with Gasteiger partial charge in [0.2, 0.25) is 11.8 Å². The van der Waals surface area contributed by atoms with Crippen molar-refractivity contribution in [3.05, 3.63) is 29.3 Å². The van der Waals surface area contributed by atoms with Crippen LogP contribution < -0.4 is 15.5 Å². The summed E-state index contributed by atoms with van der Waals surface area (Å²) < 4.78 is 0. The number of fused-ring (bicyclic) bond motifs is 1. The summed E-state index contributed by atoms with van der Waals surface area (Å²) in [6.07, 6.45) is 0.283. The number of halogens is 1. The molecule has 2 saturated heterocycles. The number of hydrogen-bond acceptors (Lipinski definition) is 6. The van der Waals surface area contributed by atoms with Gasteiger partial charge in [-0.3, -0.25) is 29.4 Å². The lowest BCUT2D eigenvalue weighted by Crippen LogP contribution is -2.54. The van der Waals surface area contributed by atoms with E-state index in [-0.39, 0.29) is 37.2 Å². The van der Waals surface area contributed by atoms with Gasteiger partial charge >= 0.3 is 0 Å². The molecule has 27 heavy (non-hydrogen) atoms. The molecule has 2 atom stereocenters. The first-order valence-corrected chi connectivity index (χ1v) is 8.80. The van der Waals surface area contributed by atoms with Crippen LogP contribution >= 0.6 is 12.4 Å². The van der Waals surface area contributed by atoms with Gasteiger partial charge in [-0.1, -0.05) is 0 Å². The SMILES string of the molecule is C[C@H]1CNCCN1c1ccc2c(c1)C(=O)N(C1CCC(=O)NC1=O)C2=O.Cl. The number of rotatable bonds is 2. The molecule has 1 unspecified atom stereocenters. The summed E-state index contributed by atoms with van der Waals surface area (Å²) in [7, 11) is 0. The fourth-order valence-corrected chi connectivity index (χ4v) is 3.86. The maximum Gasteiger partial charge on any atom is 0.262 e. The molecule has 2 N–H and O–H groups in total. The van der Waals surface area contributed by atoms with Gasteiger partial charge < -0.3 is 10.2 Å². The Morgan fingerprint density at radius 2 is 1.81 bits per heavy atom. The quantitative estimate of drug-likeness (QED) is 0.703. The standard InChI is InChI=1S/C18H20N4O4.ClH/c1-10-9-19-6-7-21(10)11-2-3-12-13(8-11)18(26)22(17(12)25)14-4-5-15(23)20-16(14)24;/h2-3,8,10,14,19H,4-7,9H2,1H3,(H,20,23,24);1H/t10-,14?;/m0./s1. The molecule has 0 radical (unpaired) electrons. The Morgan fingerprint density at radius 3 is 2.52 bits per heavy atom. The lowest BCUT2D eigenvalue weighted by molar-refractivity contribution is -0.136. The number of carbonyl (C=O) groups is 4. The fourth-order valence-electron chi connectivity index (χ4n) is 3.86. The van der Waals surface area contributed by atoms with E-state index in [1.807, 2.05) is 6.07 Å². The molecular formula is C18H21ClN4O4. The number of amides is 4. The molecule has 4 amide bonds. The number of piperidine rings is 1. The van der Waals surface area contributed by atoms with E-state index in [0.29, 0.717) is 11.1 Å². The van der Waals surface area contributed by atoms with Crippen molar-refractivity contribution in [1.82, 2.24) is 15.5 Å². The van der Waals surface area contributed by atoms with Crippen LogP contribution in [0.3, 0.4) is 0 Å². The van der Waals surface area contributed by atoms with Crippen LogP contribution in [0.4, 0.5) is 5.69 Å². The van der Waals surface area contributed by atoms with Crippen molar-refractivity contribution < 1.29 is 19.2 Å². The molecule has 144 valence electrons. The lowest BCUT2D eigenvalue weighted by Gasteiger charge is -2.36. The number of nitrogens with one attached hydrogen (secondary N) is 2. The molecule has 9 heteroatoms. The molecule has 3 aliphatic heterocycles. The number of hydrogen-bond donors (Lipinski definition) is 2. The first-order chi connectivity index (χ1) is 12.5. The number of carbonyl (C=O) groups excluding carboxylic acids is 4. The van der Waals surface area contributed by atoms with Crippen molar-refractivity contribution >= 4 is 41.7 Å². The predicted octanol–water partition coefficient (Wildman–Crippen LogP) is 0.308. The summed E-state index contributed by atoms with van der Waals surface area (Å²) in [5.74, 6) is -1.91. The summed E-state index contributed by atoms with van der Waals surface area (Å²) in [4.78, 5) is 52.2. The van der Waals surface area contributed by atoms with E-state index in [1.165, 1.54) is 0 Å². The van der Waals surface area contributed by atoms with Gasteiger partial charge in [0.1, 0.15) is 6.04 Å². The van der Waals surface area contributed by atoms with Crippen LogP contribution in [-0.4, -0.2) is 60.2 Å². The topological polar surface area (TPSA) is 98.8 Å². The van der Waals surface area contributed by atoms with Crippen molar-refractivity contribution in [1.29, 1.82) is 0 Å².